The lowest BCUT2D eigenvalue weighted by molar-refractivity contribution is -0.921. The van der Waals surface area contributed by atoms with Gasteiger partial charge in [-0.05, 0) is 57.9 Å². The zero-order valence-corrected chi connectivity index (χ0v) is 27.3. The molecule has 0 aliphatic heterocycles. The number of carbonyl (C=O) groups excluding carboxylic acids is 4. The maximum absolute atomic E-state index is 13.3. The van der Waals surface area contributed by atoms with Crippen LogP contribution < -0.4 is 14.6 Å². The van der Waals surface area contributed by atoms with Crippen LogP contribution in [-0.2, 0) is 9.59 Å². The SMILES string of the molecule is O=CC(C(=O)c1ccc(Cl)cc1Cl)c1ccc[n+](N(N(Br)Br)[n+]2cccc(C(C=O)C(=O)c3ccc(Cl)cc3Cl)c2)c1. The number of hydrazine groups is 1. The number of hydrogen-bond donors (Lipinski definition) is 0. The van der Waals surface area contributed by atoms with Crippen molar-refractivity contribution in [1.29, 1.82) is 0 Å². The smallest absolute Gasteiger partial charge is 0.211 e. The molecule has 2 heterocycles. The van der Waals surface area contributed by atoms with Crippen LogP contribution in [0.5, 0.6) is 0 Å². The second-order valence-electron chi connectivity index (χ2n) is 8.72. The van der Waals surface area contributed by atoms with Crippen LogP contribution in [0.15, 0.2) is 85.5 Å². The summed E-state index contributed by atoms with van der Waals surface area (Å²) in [6.45, 7) is 0. The van der Waals surface area contributed by atoms with E-state index < -0.39 is 23.4 Å². The second kappa shape index (κ2) is 14.2. The molecule has 4 rings (SSSR count). The Hall–Kier alpha value is -2.70. The number of halogens is 6. The summed E-state index contributed by atoms with van der Waals surface area (Å²) in [5.41, 5.74) is 1.04. The molecule has 4 aromatic rings. The molecule has 0 N–H and O–H groups in total. The van der Waals surface area contributed by atoms with Gasteiger partial charge in [0, 0.05) is 47.5 Å². The van der Waals surface area contributed by atoms with Crippen molar-refractivity contribution in [2.24, 2.45) is 0 Å². The summed E-state index contributed by atoms with van der Waals surface area (Å²) in [7, 11) is 0. The Morgan fingerprint density at radius 2 is 1.10 bits per heavy atom. The first-order chi connectivity index (χ1) is 20.0. The van der Waals surface area contributed by atoms with Crippen LogP contribution in [0.4, 0.5) is 0 Å². The van der Waals surface area contributed by atoms with Crippen molar-refractivity contribution in [2.45, 2.75) is 11.8 Å². The zero-order chi connectivity index (χ0) is 30.6. The number of pyridine rings is 2. The first-order valence-electron chi connectivity index (χ1n) is 11.9. The van der Waals surface area contributed by atoms with E-state index in [9.17, 15) is 19.2 Å². The van der Waals surface area contributed by atoms with Crippen molar-refractivity contribution in [1.82, 2.24) is 3.06 Å². The highest BCUT2D eigenvalue weighted by molar-refractivity contribution is 9.21. The van der Waals surface area contributed by atoms with Crippen LogP contribution in [0.3, 0.4) is 0 Å². The molecule has 42 heavy (non-hydrogen) atoms. The van der Waals surface area contributed by atoms with E-state index in [0.717, 1.165) is 0 Å². The summed E-state index contributed by atoms with van der Waals surface area (Å²) in [6, 6.07) is 15.4. The van der Waals surface area contributed by atoms with Crippen molar-refractivity contribution in [3.63, 3.8) is 0 Å². The monoisotopic (exact) mass is 772 g/mol. The fourth-order valence-corrected chi connectivity index (χ4v) is 5.78. The van der Waals surface area contributed by atoms with Gasteiger partial charge in [0.15, 0.2) is 16.8 Å². The van der Waals surface area contributed by atoms with Crippen molar-refractivity contribution in [3.8, 4) is 0 Å². The molecular weight excluding hydrogens is 758 g/mol. The molecular formula is C28H18Br2Cl4N4O4+2. The first kappa shape index (κ1) is 32.2. The van der Waals surface area contributed by atoms with E-state index in [-0.39, 0.29) is 21.2 Å². The molecule has 14 heteroatoms. The third kappa shape index (κ3) is 7.08. The van der Waals surface area contributed by atoms with E-state index in [1.165, 1.54) is 44.7 Å². The fraction of sp³-hybridized carbons (Fsp3) is 0.0714. The molecule has 2 atom stereocenters. The first-order valence-corrected chi connectivity index (χ1v) is 14.8. The van der Waals surface area contributed by atoms with Crippen molar-refractivity contribution in [2.75, 3.05) is 5.23 Å². The predicted molar refractivity (Wildman–Crippen MR) is 166 cm³/mol. The van der Waals surface area contributed by atoms with Gasteiger partial charge >= 0.3 is 0 Å². The molecule has 0 bridgehead atoms. The van der Waals surface area contributed by atoms with E-state index >= 15 is 0 Å². The Morgan fingerprint density at radius 3 is 1.43 bits per heavy atom. The normalized spacial score (nSPS) is 12.5. The molecule has 0 radical (unpaired) electrons. The van der Waals surface area contributed by atoms with Gasteiger partial charge in [-0.1, -0.05) is 46.4 Å². The highest BCUT2D eigenvalue weighted by Gasteiger charge is 2.34. The summed E-state index contributed by atoms with van der Waals surface area (Å²) in [4.78, 5) is 50.8. The van der Waals surface area contributed by atoms with Gasteiger partial charge in [-0.15, -0.1) is 0 Å². The molecule has 0 spiro atoms. The largest absolute Gasteiger partial charge is 0.302 e. The number of aldehydes is 2. The molecule has 214 valence electrons. The van der Waals surface area contributed by atoms with Crippen LogP contribution >= 0.6 is 78.7 Å². The number of nitrogens with zero attached hydrogens (tertiary/aromatic N) is 4. The number of Topliss-reactive ketones (excluding diaryl/α,β-unsaturated/α-hetero) is 2. The highest BCUT2D eigenvalue weighted by atomic mass is 79.9. The van der Waals surface area contributed by atoms with E-state index in [0.29, 0.717) is 33.7 Å². The molecule has 0 aliphatic rings. The molecule has 0 saturated heterocycles. The number of aromatic nitrogens is 2. The minimum atomic E-state index is -1.17. The number of hydrogen-bond acceptors (Lipinski definition) is 6. The van der Waals surface area contributed by atoms with Crippen LogP contribution in [0.2, 0.25) is 20.1 Å². The number of carbonyl (C=O) groups is 4. The number of rotatable bonds is 11. The summed E-state index contributed by atoms with van der Waals surface area (Å²) in [5, 5.41) is 2.45. The van der Waals surface area contributed by atoms with Crippen LogP contribution in [-0.4, -0.2) is 27.2 Å². The summed E-state index contributed by atoms with van der Waals surface area (Å²) in [6.07, 6.45) is 7.49. The predicted octanol–water partition coefficient (Wildman–Crippen LogP) is 6.44. The van der Waals surface area contributed by atoms with E-state index in [1.54, 1.807) is 58.4 Å². The zero-order valence-electron chi connectivity index (χ0n) is 21.1. The van der Waals surface area contributed by atoms with Crippen molar-refractivity contribution in [3.05, 3.63) is 128 Å². The Balaban J connectivity index is 1.70. The van der Waals surface area contributed by atoms with Crippen molar-refractivity contribution < 1.29 is 28.5 Å². The topological polar surface area (TPSA) is 82.5 Å². The molecule has 0 fully saturated rings. The number of ketones is 2. The minimum Gasteiger partial charge on any atom is -0.302 e. The molecule has 2 aromatic carbocycles. The fourth-order valence-electron chi connectivity index (χ4n) is 4.13. The standard InChI is InChI=1S/C28H18Br2Cl4N4O4/c29-37(30)38(35-9-1-3-17(13-35)23(15-39)27(41)21-7-5-19(31)11-25(21)33)36-10-2-4-18(14-36)24(16-40)28(42)22-8-6-20(32)12-26(22)34/h1-16,23-24H/q+2. The average Bonchev–Trinajstić information content (AvgIpc) is 2.94. The highest BCUT2D eigenvalue weighted by Crippen LogP contribution is 2.28. The van der Waals surface area contributed by atoms with Gasteiger partial charge in [-0.3, -0.25) is 9.59 Å². The molecule has 0 saturated carbocycles. The summed E-state index contributed by atoms with van der Waals surface area (Å²) >= 11 is 31.0. The van der Waals surface area contributed by atoms with E-state index in [1.807, 2.05) is 0 Å². The summed E-state index contributed by atoms with van der Waals surface area (Å²) in [5.74, 6) is -3.36. The van der Waals surface area contributed by atoms with Crippen molar-refractivity contribution >= 4 is 103 Å². The third-order valence-corrected chi connectivity index (χ3v) is 7.78. The molecule has 8 nitrogen and oxygen atoms in total. The van der Waals surface area contributed by atoms with Crippen LogP contribution in [0, 0.1) is 0 Å². The molecule has 2 aromatic heterocycles. The molecule has 2 unspecified atom stereocenters. The van der Waals surface area contributed by atoms with Crippen LogP contribution in [0.25, 0.3) is 0 Å². The van der Waals surface area contributed by atoms with Gasteiger partial charge in [-0.25, -0.2) is 0 Å². The maximum atomic E-state index is 13.3. The molecule has 0 aliphatic carbocycles. The van der Waals surface area contributed by atoms with Gasteiger partial charge < -0.3 is 9.59 Å². The average molecular weight is 776 g/mol. The van der Waals surface area contributed by atoms with E-state index in [2.05, 4.69) is 32.3 Å². The lowest BCUT2D eigenvalue weighted by Crippen LogP contribution is -2.75. The summed E-state index contributed by atoms with van der Waals surface area (Å²) < 4.78 is 4.43. The minimum absolute atomic E-state index is 0.128. The number of benzene rings is 2. The second-order valence-corrected chi connectivity index (χ2v) is 12.7. The van der Waals surface area contributed by atoms with Crippen LogP contribution in [0.1, 0.15) is 43.7 Å². The maximum Gasteiger partial charge on any atom is 0.211 e. The Morgan fingerprint density at radius 1 is 0.690 bits per heavy atom. The Bertz CT molecular complexity index is 1570. The lowest BCUT2D eigenvalue weighted by atomic mass is 9.93. The van der Waals surface area contributed by atoms with Gasteiger partial charge in [0.25, 0.3) is 0 Å². The van der Waals surface area contributed by atoms with E-state index in [4.69, 9.17) is 46.4 Å². The Labute approximate surface area is 277 Å². The van der Waals surface area contributed by atoms with Gasteiger partial charge in [0.05, 0.1) is 42.3 Å². The van der Waals surface area contributed by atoms with Gasteiger partial charge in [-0.2, -0.15) is 0 Å². The lowest BCUT2D eigenvalue weighted by Gasteiger charge is -2.15. The Kier molecular flexibility index (Phi) is 10.9. The van der Waals surface area contributed by atoms with Gasteiger partial charge in [0.1, 0.15) is 24.4 Å². The quantitative estimate of drug-likeness (QED) is 0.0436. The van der Waals surface area contributed by atoms with Gasteiger partial charge in [0.2, 0.25) is 24.8 Å². The molecule has 0 amide bonds. The third-order valence-electron chi connectivity index (χ3n) is 6.11.